The summed E-state index contributed by atoms with van der Waals surface area (Å²) in [5, 5.41) is 17.1. The number of nitrogens with zero attached hydrogens (tertiary/aromatic N) is 2. The summed E-state index contributed by atoms with van der Waals surface area (Å²) in [6.45, 7) is 9.61. The fourth-order valence-corrected chi connectivity index (χ4v) is 4.93. The van der Waals surface area contributed by atoms with Crippen molar-refractivity contribution in [1.82, 2.24) is 20.5 Å². The first-order chi connectivity index (χ1) is 20.1. The second kappa shape index (κ2) is 16.1. The van der Waals surface area contributed by atoms with Crippen LogP contribution in [0.4, 0.5) is 8.78 Å². The third-order valence-electron chi connectivity index (χ3n) is 6.97. The third kappa shape index (κ3) is 9.70. The van der Waals surface area contributed by atoms with E-state index in [9.17, 15) is 23.5 Å². The predicted octanol–water partition coefficient (Wildman–Crippen LogP) is 4.98. The SMILES string of the molecule is CCCN(CCC)C(=O)c1cc(C)cc(C(=O)N[C@@H](Cc2cc(F)cc(F)c2)[C@H](O)CNCc2cc(CC)ccn2)c1. The van der Waals surface area contributed by atoms with Crippen molar-refractivity contribution in [1.29, 1.82) is 0 Å². The number of rotatable bonds is 15. The maximum Gasteiger partial charge on any atom is 0.253 e. The topological polar surface area (TPSA) is 94.6 Å². The highest BCUT2D eigenvalue weighted by atomic mass is 19.1. The molecule has 3 rings (SSSR count). The second-order valence-electron chi connectivity index (χ2n) is 10.6. The van der Waals surface area contributed by atoms with Gasteiger partial charge in [0.25, 0.3) is 11.8 Å². The number of aromatic nitrogens is 1. The van der Waals surface area contributed by atoms with Crippen molar-refractivity contribution in [2.75, 3.05) is 19.6 Å². The van der Waals surface area contributed by atoms with Gasteiger partial charge in [0.15, 0.2) is 0 Å². The Hall–Kier alpha value is -3.69. The molecule has 3 N–H and O–H groups in total. The monoisotopic (exact) mass is 580 g/mol. The van der Waals surface area contributed by atoms with Crippen LogP contribution in [0.2, 0.25) is 0 Å². The number of nitrogens with one attached hydrogen (secondary N) is 2. The minimum absolute atomic E-state index is 0.00871. The van der Waals surface area contributed by atoms with Gasteiger partial charge in [-0.3, -0.25) is 14.6 Å². The Bertz CT molecular complexity index is 1320. The van der Waals surface area contributed by atoms with Crippen LogP contribution in [-0.4, -0.2) is 58.6 Å². The van der Waals surface area contributed by atoms with Crippen LogP contribution in [0.15, 0.2) is 54.7 Å². The zero-order chi connectivity index (χ0) is 30.6. The lowest BCUT2D eigenvalue weighted by atomic mass is 9.99. The molecule has 9 heteroatoms. The molecule has 0 unspecified atom stereocenters. The van der Waals surface area contributed by atoms with Crippen LogP contribution < -0.4 is 10.6 Å². The summed E-state index contributed by atoms with van der Waals surface area (Å²) in [7, 11) is 0. The van der Waals surface area contributed by atoms with Crippen LogP contribution in [0.25, 0.3) is 0 Å². The van der Waals surface area contributed by atoms with E-state index in [1.165, 1.54) is 12.1 Å². The van der Waals surface area contributed by atoms with Crippen molar-refractivity contribution in [3.05, 3.63) is 99.9 Å². The molecule has 0 fully saturated rings. The van der Waals surface area contributed by atoms with Crippen molar-refractivity contribution < 1.29 is 23.5 Å². The van der Waals surface area contributed by atoms with Crippen LogP contribution in [0.1, 0.15) is 76.7 Å². The summed E-state index contributed by atoms with van der Waals surface area (Å²) in [6.07, 6.45) is 3.14. The maximum absolute atomic E-state index is 14.0. The van der Waals surface area contributed by atoms with E-state index in [1.54, 1.807) is 29.3 Å². The summed E-state index contributed by atoms with van der Waals surface area (Å²) in [5.74, 6) is -2.12. The van der Waals surface area contributed by atoms with Crippen molar-refractivity contribution in [2.45, 2.75) is 72.1 Å². The van der Waals surface area contributed by atoms with Crippen molar-refractivity contribution in [2.24, 2.45) is 0 Å². The normalized spacial score (nSPS) is 12.5. The van der Waals surface area contributed by atoms with Gasteiger partial charge in [0.05, 0.1) is 17.8 Å². The van der Waals surface area contributed by atoms with E-state index < -0.39 is 29.7 Å². The summed E-state index contributed by atoms with van der Waals surface area (Å²) >= 11 is 0. The lowest BCUT2D eigenvalue weighted by Gasteiger charge is -2.25. The largest absolute Gasteiger partial charge is 0.390 e. The van der Waals surface area contributed by atoms with Crippen molar-refractivity contribution >= 4 is 11.8 Å². The number of benzene rings is 2. The quantitative estimate of drug-likeness (QED) is 0.236. The molecular formula is C33H42F2N4O3. The minimum atomic E-state index is -1.09. The number of aryl methyl sites for hydroxylation is 2. The van der Waals surface area contributed by atoms with E-state index in [-0.39, 0.29) is 24.4 Å². The van der Waals surface area contributed by atoms with Gasteiger partial charge in [0, 0.05) is 49.6 Å². The van der Waals surface area contributed by atoms with Gasteiger partial charge in [0.2, 0.25) is 0 Å². The predicted molar refractivity (Wildman–Crippen MR) is 160 cm³/mol. The molecule has 0 aliphatic heterocycles. The number of hydrogen-bond acceptors (Lipinski definition) is 5. The van der Waals surface area contributed by atoms with Crippen molar-refractivity contribution in [3.63, 3.8) is 0 Å². The highest BCUT2D eigenvalue weighted by Crippen LogP contribution is 2.16. The molecule has 0 spiro atoms. The smallest absolute Gasteiger partial charge is 0.253 e. The fraction of sp³-hybridized carbons (Fsp3) is 0.424. The van der Waals surface area contributed by atoms with E-state index in [0.29, 0.717) is 30.8 Å². The van der Waals surface area contributed by atoms with Gasteiger partial charge >= 0.3 is 0 Å². The summed E-state index contributed by atoms with van der Waals surface area (Å²) in [4.78, 5) is 32.8. The number of aliphatic hydroxyl groups excluding tert-OH is 1. The molecule has 226 valence electrons. The zero-order valence-corrected chi connectivity index (χ0v) is 24.9. The average molecular weight is 581 g/mol. The van der Waals surface area contributed by atoms with Gasteiger partial charge in [-0.25, -0.2) is 8.78 Å². The first kappa shape index (κ1) is 32.8. The molecule has 7 nitrogen and oxygen atoms in total. The molecule has 0 aliphatic rings. The molecule has 0 aliphatic carbocycles. The lowest BCUT2D eigenvalue weighted by molar-refractivity contribution is 0.0755. The Balaban J connectivity index is 1.80. The van der Waals surface area contributed by atoms with Crippen LogP contribution in [0, 0.1) is 18.6 Å². The van der Waals surface area contributed by atoms with Gasteiger partial charge < -0.3 is 20.6 Å². The number of pyridine rings is 1. The number of halogens is 2. The van der Waals surface area contributed by atoms with Crippen molar-refractivity contribution in [3.8, 4) is 0 Å². The Labute approximate surface area is 247 Å². The van der Waals surface area contributed by atoms with Crippen LogP contribution in [0.3, 0.4) is 0 Å². The Morgan fingerprint density at radius 3 is 2.24 bits per heavy atom. The van der Waals surface area contributed by atoms with E-state index in [2.05, 4.69) is 22.5 Å². The van der Waals surface area contributed by atoms with Gasteiger partial charge in [-0.1, -0.05) is 20.8 Å². The highest BCUT2D eigenvalue weighted by Gasteiger charge is 2.24. The first-order valence-electron chi connectivity index (χ1n) is 14.6. The summed E-state index contributed by atoms with van der Waals surface area (Å²) in [6, 6.07) is 11.2. The summed E-state index contributed by atoms with van der Waals surface area (Å²) in [5.41, 5.74) is 3.67. The number of amides is 2. The molecule has 2 atom stereocenters. The molecule has 1 heterocycles. The molecule has 2 amide bonds. The molecule has 0 saturated carbocycles. The first-order valence-corrected chi connectivity index (χ1v) is 14.6. The summed E-state index contributed by atoms with van der Waals surface area (Å²) < 4.78 is 27.9. The minimum Gasteiger partial charge on any atom is -0.390 e. The number of aliphatic hydroxyl groups is 1. The van der Waals surface area contributed by atoms with Crippen LogP contribution in [-0.2, 0) is 19.4 Å². The molecule has 0 radical (unpaired) electrons. The van der Waals surface area contributed by atoms with Gasteiger partial charge in [-0.15, -0.1) is 0 Å². The van der Waals surface area contributed by atoms with Gasteiger partial charge in [-0.05, 0) is 91.8 Å². The fourth-order valence-electron chi connectivity index (χ4n) is 4.93. The zero-order valence-electron chi connectivity index (χ0n) is 24.9. The maximum atomic E-state index is 14.0. The molecular weight excluding hydrogens is 538 g/mol. The number of carbonyl (C=O) groups excluding carboxylic acids is 2. The molecule has 42 heavy (non-hydrogen) atoms. The number of hydrogen-bond donors (Lipinski definition) is 3. The standard InChI is InChI=1S/C33H42F2N4O3/c1-5-10-39(11-6-2)33(42)26-13-22(4)12-25(18-26)32(41)38-30(17-24-14-27(34)19-28(35)15-24)31(40)21-36-20-29-16-23(7-3)8-9-37-29/h8-9,12-16,18-19,30-31,36,40H,5-7,10-11,17,20-21H2,1-4H3,(H,38,41)/t30-,31+/m0/s1. The van der Waals surface area contributed by atoms with E-state index in [4.69, 9.17) is 0 Å². The van der Waals surface area contributed by atoms with E-state index in [0.717, 1.165) is 42.1 Å². The number of carbonyl (C=O) groups is 2. The lowest BCUT2D eigenvalue weighted by Crippen LogP contribution is -2.48. The van der Waals surface area contributed by atoms with Gasteiger partial charge in [0.1, 0.15) is 11.6 Å². The van der Waals surface area contributed by atoms with E-state index >= 15 is 0 Å². The third-order valence-corrected chi connectivity index (χ3v) is 6.97. The molecule has 1 aromatic heterocycles. The van der Waals surface area contributed by atoms with Gasteiger partial charge in [-0.2, -0.15) is 0 Å². The van der Waals surface area contributed by atoms with Crippen LogP contribution in [0.5, 0.6) is 0 Å². The highest BCUT2D eigenvalue weighted by molar-refractivity contribution is 6.00. The molecule has 0 bridgehead atoms. The van der Waals surface area contributed by atoms with E-state index in [1.807, 2.05) is 32.9 Å². The Morgan fingerprint density at radius 2 is 1.60 bits per heavy atom. The Morgan fingerprint density at radius 1 is 0.929 bits per heavy atom. The Kier molecular flexibility index (Phi) is 12.6. The molecule has 0 saturated heterocycles. The molecule has 3 aromatic rings. The van der Waals surface area contributed by atoms with Crippen LogP contribution >= 0.6 is 0 Å². The second-order valence-corrected chi connectivity index (χ2v) is 10.6. The molecule has 2 aromatic carbocycles. The average Bonchev–Trinajstić information content (AvgIpc) is 2.95.